The van der Waals surface area contributed by atoms with Gasteiger partial charge in [-0.25, -0.2) is 4.39 Å². The highest BCUT2D eigenvalue weighted by molar-refractivity contribution is 5.54. The summed E-state index contributed by atoms with van der Waals surface area (Å²) < 4.78 is 13.4. The van der Waals surface area contributed by atoms with Gasteiger partial charge in [0.1, 0.15) is 5.82 Å². The van der Waals surface area contributed by atoms with Crippen molar-refractivity contribution in [1.29, 1.82) is 0 Å². The van der Waals surface area contributed by atoms with Crippen molar-refractivity contribution in [3.63, 3.8) is 0 Å². The van der Waals surface area contributed by atoms with Crippen LogP contribution in [0.1, 0.15) is 32.3 Å². The van der Waals surface area contributed by atoms with E-state index in [0.717, 1.165) is 43.7 Å². The quantitative estimate of drug-likeness (QED) is 0.870. The lowest BCUT2D eigenvalue weighted by atomic mass is 9.91. The zero-order valence-corrected chi connectivity index (χ0v) is 12.4. The summed E-state index contributed by atoms with van der Waals surface area (Å²) in [5, 5.41) is 12.9. The molecule has 0 aromatic heterocycles. The van der Waals surface area contributed by atoms with Crippen LogP contribution in [0.3, 0.4) is 0 Å². The molecule has 0 radical (unpaired) electrons. The van der Waals surface area contributed by atoms with Crippen LogP contribution in [-0.4, -0.2) is 30.8 Å². The monoisotopic (exact) mass is 280 g/mol. The molecule has 0 bridgehead atoms. The molecule has 2 N–H and O–H groups in total. The number of aliphatic hydroxyl groups excluding tert-OH is 1. The van der Waals surface area contributed by atoms with Gasteiger partial charge in [-0.1, -0.05) is 6.92 Å². The predicted molar refractivity (Wildman–Crippen MR) is 80.4 cm³/mol. The highest BCUT2D eigenvalue weighted by atomic mass is 19.1. The maximum atomic E-state index is 13.4. The average Bonchev–Trinajstić information content (AvgIpc) is 2.45. The lowest BCUT2D eigenvalue weighted by molar-refractivity contribution is 0.110. The highest BCUT2D eigenvalue weighted by Crippen LogP contribution is 2.28. The number of anilines is 1. The molecule has 1 heterocycles. The van der Waals surface area contributed by atoms with Gasteiger partial charge in [0.2, 0.25) is 0 Å². The minimum absolute atomic E-state index is 0.180. The van der Waals surface area contributed by atoms with E-state index in [2.05, 4.69) is 10.2 Å². The third kappa shape index (κ3) is 3.70. The molecule has 20 heavy (non-hydrogen) atoms. The van der Waals surface area contributed by atoms with Crippen molar-refractivity contribution >= 4 is 5.69 Å². The number of hydrogen-bond acceptors (Lipinski definition) is 3. The van der Waals surface area contributed by atoms with Gasteiger partial charge >= 0.3 is 0 Å². The van der Waals surface area contributed by atoms with Crippen molar-refractivity contribution in [2.75, 3.05) is 24.5 Å². The van der Waals surface area contributed by atoms with Crippen LogP contribution in [0.2, 0.25) is 0 Å². The number of benzene rings is 1. The summed E-state index contributed by atoms with van der Waals surface area (Å²) in [7, 11) is 0. The van der Waals surface area contributed by atoms with Gasteiger partial charge in [-0.3, -0.25) is 0 Å². The van der Waals surface area contributed by atoms with Crippen LogP contribution < -0.4 is 10.2 Å². The number of nitrogens with one attached hydrogen (secondary N) is 1. The molecule has 2 rings (SSSR count). The minimum Gasteiger partial charge on any atom is -0.393 e. The lowest BCUT2D eigenvalue weighted by Crippen LogP contribution is -2.37. The van der Waals surface area contributed by atoms with Crippen molar-refractivity contribution in [2.45, 2.75) is 39.3 Å². The Kier molecular flexibility index (Phi) is 5.38. The fourth-order valence-electron chi connectivity index (χ4n) is 2.89. The van der Waals surface area contributed by atoms with Crippen LogP contribution in [0, 0.1) is 11.7 Å². The molecular weight excluding hydrogens is 255 g/mol. The summed E-state index contributed by atoms with van der Waals surface area (Å²) in [6.45, 7) is 7.35. The maximum Gasteiger partial charge on any atom is 0.123 e. The molecule has 1 fully saturated rings. The first-order valence-electron chi connectivity index (χ1n) is 7.54. The van der Waals surface area contributed by atoms with E-state index in [-0.39, 0.29) is 11.9 Å². The van der Waals surface area contributed by atoms with Gasteiger partial charge in [0.15, 0.2) is 0 Å². The Morgan fingerprint density at radius 2 is 2.10 bits per heavy atom. The summed E-state index contributed by atoms with van der Waals surface area (Å²) in [6.07, 6.45) is 1.76. The third-order valence-electron chi connectivity index (χ3n) is 4.17. The highest BCUT2D eigenvalue weighted by Gasteiger charge is 2.23. The predicted octanol–water partition coefficient (Wildman–Crippen LogP) is 2.53. The Labute approximate surface area is 120 Å². The van der Waals surface area contributed by atoms with Gasteiger partial charge in [0.05, 0.1) is 6.10 Å². The SMILES string of the molecule is CCNCc1cc(F)ccc1N1CCC(C(C)O)CC1. The smallest absolute Gasteiger partial charge is 0.123 e. The zero-order valence-electron chi connectivity index (χ0n) is 12.4. The Morgan fingerprint density at radius 3 is 2.70 bits per heavy atom. The largest absolute Gasteiger partial charge is 0.393 e. The van der Waals surface area contributed by atoms with E-state index in [1.807, 2.05) is 19.9 Å². The Hall–Kier alpha value is -1.13. The molecule has 112 valence electrons. The minimum atomic E-state index is -0.230. The van der Waals surface area contributed by atoms with Gasteiger partial charge in [-0.2, -0.15) is 0 Å². The number of aliphatic hydroxyl groups is 1. The molecule has 1 aromatic rings. The van der Waals surface area contributed by atoms with Crippen LogP contribution >= 0.6 is 0 Å². The van der Waals surface area contributed by atoms with Crippen LogP contribution in [0.25, 0.3) is 0 Å². The summed E-state index contributed by atoms with van der Waals surface area (Å²) in [6, 6.07) is 5.04. The summed E-state index contributed by atoms with van der Waals surface area (Å²) >= 11 is 0. The molecule has 0 aliphatic carbocycles. The third-order valence-corrected chi connectivity index (χ3v) is 4.17. The number of hydrogen-bond donors (Lipinski definition) is 2. The van der Waals surface area contributed by atoms with E-state index in [1.54, 1.807) is 6.07 Å². The molecule has 4 heteroatoms. The van der Waals surface area contributed by atoms with Crippen LogP contribution in [-0.2, 0) is 6.54 Å². The number of piperidine rings is 1. The van der Waals surface area contributed by atoms with E-state index in [1.165, 1.54) is 6.07 Å². The van der Waals surface area contributed by atoms with Crippen LogP contribution in [0.5, 0.6) is 0 Å². The van der Waals surface area contributed by atoms with Crippen LogP contribution in [0.4, 0.5) is 10.1 Å². The van der Waals surface area contributed by atoms with Crippen molar-refractivity contribution in [2.24, 2.45) is 5.92 Å². The van der Waals surface area contributed by atoms with E-state index in [0.29, 0.717) is 12.5 Å². The van der Waals surface area contributed by atoms with Crippen molar-refractivity contribution in [3.05, 3.63) is 29.6 Å². The molecular formula is C16H25FN2O. The fourth-order valence-corrected chi connectivity index (χ4v) is 2.89. The maximum absolute atomic E-state index is 13.4. The Morgan fingerprint density at radius 1 is 1.40 bits per heavy atom. The second-order valence-electron chi connectivity index (χ2n) is 5.62. The Balaban J connectivity index is 2.08. The topological polar surface area (TPSA) is 35.5 Å². The van der Waals surface area contributed by atoms with Crippen LogP contribution in [0.15, 0.2) is 18.2 Å². The van der Waals surface area contributed by atoms with Crippen molar-refractivity contribution in [3.8, 4) is 0 Å². The molecule has 0 spiro atoms. The second kappa shape index (κ2) is 7.04. The van der Waals surface area contributed by atoms with E-state index >= 15 is 0 Å². The molecule has 1 saturated heterocycles. The summed E-state index contributed by atoms with van der Waals surface area (Å²) in [5.41, 5.74) is 2.14. The van der Waals surface area contributed by atoms with E-state index < -0.39 is 0 Å². The lowest BCUT2D eigenvalue weighted by Gasteiger charge is -2.36. The first-order valence-corrected chi connectivity index (χ1v) is 7.54. The van der Waals surface area contributed by atoms with Crippen molar-refractivity contribution < 1.29 is 9.50 Å². The average molecular weight is 280 g/mol. The number of rotatable bonds is 5. The van der Waals surface area contributed by atoms with Gasteiger partial charge < -0.3 is 15.3 Å². The van der Waals surface area contributed by atoms with E-state index in [4.69, 9.17) is 0 Å². The van der Waals surface area contributed by atoms with Gasteiger partial charge in [-0.05, 0) is 56.0 Å². The Bertz CT molecular complexity index is 428. The summed E-state index contributed by atoms with van der Waals surface area (Å²) in [5.74, 6) is 0.212. The molecule has 0 saturated carbocycles. The van der Waals surface area contributed by atoms with Gasteiger partial charge in [0, 0.05) is 25.3 Å². The molecule has 3 nitrogen and oxygen atoms in total. The number of halogens is 1. The molecule has 1 aliphatic rings. The molecule has 0 amide bonds. The molecule has 1 unspecified atom stereocenters. The zero-order chi connectivity index (χ0) is 14.5. The molecule has 1 aromatic carbocycles. The first kappa shape index (κ1) is 15.3. The second-order valence-corrected chi connectivity index (χ2v) is 5.62. The van der Waals surface area contributed by atoms with Gasteiger partial charge in [-0.15, -0.1) is 0 Å². The van der Waals surface area contributed by atoms with E-state index in [9.17, 15) is 9.50 Å². The molecule has 1 aliphatic heterocycles. The van der Waals surface area contributed by atoms with Gasteiger partial charge in [0.25, 0.3) is 0 Å². The first-order chi connectivity index (χ1) is 9.61. The standard InChI is InChI=1S/C16H25FN2O/c1-3-18-11-14-10-15(17)4-5-16(14)19-8-6-13(7-9-19)12(2)20/h4-5,10,12-13,18,20H,3,6-9,11H2,1-2H3. The normalized spacial score (nSPS) is 18.3. The molecule has 1 atom stereocenters. The number of nitrogens with zero attached hydrogens (tertiary/aromatic N) is 1. The fraction of sp³-hybridized carbons (Fsp3) is 0.625. The van der Waals surface area contributed by atoms with Crippen molar-refractivity contribution in [1.82, 2.24) is 5.32 Å². The summed E-state index contributed by atoms with van der Waals surface area (Å²) in [4.78, 5) is 2.31.